The van der Waals surface area contributed by atoms with Crippen LogP contribution in [-0.4, -0.2) is 0 Å². The highest BCUT2D eigenvalue weighted by Crippen LogP contribution is 2.13. The fourth-order valence-electron chi connectivity index (χ4n) is 0.976. The first-order valence-electron chi connectivity index (χ1n) is 3.28. The van der Waals surface area contributed by atoms with Crippen LogP contribution >= 0.6 is 0 Å². The third-order valence-corrected chi connectivity index (χ3v) is 1.54. The average Bonchev–Trinajstić information content (AvgIpc) is 1.88. The second-order valence-electron chi connectivity index (χ2n) is 2.46. The average molecular weight is 172 g/mol. The van der Waals surface area contributed by atoms with Crippen molar-refractivity contribution in [2.75, 3.05) is 5.43 Å². The van der Waals surface area contributed by atoms with Crippen LogP contribution in [0.1, 0.15) is 11.1 Å². The third-order valence-electron chi connectivity index (χ3n) is 1.54. The molecule has 0 aliphatic rings. The van der Waals surface area contributed by atoms with Crippen molar-refractivity contribution >= 4 is 5.69 Å². The molecule has 3 N–H and O–H groups in total. The zero-order valence-electron chi connectivity index (χ0n) is 6.69. The molecule has 0 bridgehead atoms. The predicted molar refractivity (Wildman–Crippen MR) is 43.7 cm³/mol. The normalized spacial score (nSPS) is 8.64. The standard InChI is InChI=1S/C8H12N2.ClH/c1-6-3-4-8(10-9)7(2)5-6;/h3-5,10H,9H2,1-2H3;1H/p-1. The van der Waals surface area contributed by atoms with E-state index in [1.807, 2.05) is 19.1 Å². The van der Waals surface area contributed by atoms with Crippen molar-refractivity contribution in [2.45, 2.75) is 13.8 Å². The maximum atomic E-state index is 5.25. The van der Waals surface area contributed by atoms with E-state index in [2.05, 4.69) is 18.4 Å². The summed E-state index contributed by atoms with van der Waals surface area (Å²) in [4.78, 5) is 0. The molecule has 0 spiro atoms. The van der Waals surface area contributed by atoms with E-state index < -0.39 is 0 Å². The van der Waals surface area contributed by atoms with Crippen LogP contribution in [0.5, 0.6) is 0 Å². The molecule has 2 nitrogen and oxygen atoms in total. The lowest BCUT2D eigenvalue weighted by Gasteiger charge is -2.03. The number of nitrogens with two attached hydrogens (primary N) is 1. The Kier molecular flexibility index (Phi) is 3.93. The van der Waals surface area contributed by atoms with Crippen LogP contribution in [0.15, 0.2) is 18.2 Å². The molecule has 0 heterocycles. The lowest BCUT2D eigenvalue weighted by molar-refractivity contribution is -0.00000228. The van der Waals surface area contributed by atoms with Crippen molar-refractivity contribution in [3.63, 3.8) is 0 Å². The van der Waals surface area contributed by atoms with Crippen molar-refractivity contribution < 1.29 is 12.4 Å². The molecule has 0 unspecified atom stereocenters. The first-order valence-corrected chi connectivity index (χ1v) is 3.28. The van der Waals surface area contributed by atoms with Gasteiger partial charge >= 0.3 is 0 Å². The van der Waals surface area contributed by atoms with Gasteiger partial charge in [-0.3, -0.25) is 5.84 Å². The predicted octanol–water partition coefficient (Wildman–Crippen LogP) is -1.41. The number of nitrogens with one attached hydrogen (secondary N) is 1. The van der Waals surface area contributed by atoms with Gasteiger partial charge in [-0.25, -0.2) is 0 Å². The van der Waals surface area contributed by atoms with Crippen molar-refractivity contribution in [3.05, 3.63) is 29.3 Å². The second-order valence-corrected chi connectivity index (χ2v) is 2.46. The fraction of sp³-hybridized carbons (Fsp3) is 0.250. The van der Waals surface area contributed by atoms with E-state index in [1.54, 1.807) is 0 Å². The summed E-state index contributed by atoms with van der Waals surface area (Å²) in [5, 5.41) is 0. The highest BCUT2D eigenvalue weighted by Gasteiger charge is 1.93. The molecule has 1 aromatic carbocycles. The molecular weight excluding hydrogens is 160 g/mol. The Morgan fingerprint density at radius 2 is 1.91 bits per heavy atom. The van der Waals surface area contributed by atoms with E-state index in [9.17, 15) is 0 Å². The van der Waals surface area contributed by atoms with E-state index in [0.717, 1.165) is 5.69 Å². The van der Waals surface area contributed by atoms with Crippen molar-refractivity contribution in [2.24, 2.45) is 5.84 Å². The Bertz CT molecular complexity index is 236. The van der Waals surface area contributed by atoms with Gasteiger partial charge in [-0.05, 0) is 25.5 Å². The van der Waals surface area contributed by atoms with Gasteiger partial charge in [0, 0.05) is 0 Å². The van der Waals surface area contributed by atoms with E-state index in [-0.39, 0.29) is 12.4 Å². The molecule has 0 atom stereocenters. The number of halogens is 1. The summed E-state index contributed by atoms with van der Waals surface area (Å²) < 4.78 is 0. The SMILES string of the molecule is Cc1ccc(NN)c(C)c1.[Cl-]. The number of rotatable bonds is 1. The Morgan fingerprint density at radius 1 is 1.27 bits per heavy atom. The topological polar surface area (TPSA) is 38.0 Å². The number of hydrogen-bond acceptors (Lipinski definition) is 2. The van der Waals surface area contributed by atoms with Gasteiger partial charge in [0.25, 0.3) is 0 Å². The van der Waals surface area contributed by atoms with Gasteiger partial charge in [-0.2, -0.15) is 0 Å². The van der Waals surface area contributed by atoms with Gasteiger partial charge in [-0.15, -0.1) is 0 Å². The van der Waals surface area contributed by atoms with Gasteiger partial charge in [0.05, 0.1) is 5.69 Å². The zero-order valence-corrected chi connectivity index (χ0v) is 7.44. The van der Waals surface area contributed by atoms with E-state index in [4.69, 9.17) is 5.84 Å². The number of anilines is 1. The monoisotopic (exact) mass is 171 g/mol. The summed E-state index contributed by atoms with van der Waals surface area (Å²) in [5.41, 5.74) is 6.06. The second kappa shape index (κ2) is 4.21. The summed E-state index contributed by atoms with van der Waals surface area (Å²) in [7, 11) is 0. The molecule has 3 heteroatoms. The molecule has 0 fully saturated rings. The van der Waals surface area contributed by atoms with Gasteiger partial charge in [0.1, 0.15) is 0 Å². The van der Waals surface area contributed by atoms with Crippen LogP contribution in [0.25, 0.3) is 0 Å². The third kappa shape index (κ3) is 2.41. The van der Waals surface area contributed by atoms with E-state index >= 15 is 0 Å². The maximum absolute atomic E-state index is 5.25. The number of benzene rings is 1. The minimum Gasteiger partial charge on any atom is -1.00 e. The van der Waals surface area contributed by atoms with Crippen LogP contribution in [-0.2, 0) is 0 Å². The molecule has 0 radical (unpaired) electrons. The smallest absolute Gasteiger partial charge is 0.0514 e. The van der Waals surface area contributed by atoms with Crippen LogP contribution in [0.4, 0.5) is 5.69 Å². The van der Waals surface area contributed by atoms with E-state index in [0.29, 0.717) is 0 Å². The summed E-state index contributed by atoms with van der Waals surface area (Å²) >= 11 is 0. The van der Waals surface area contributed by atoms with Crippen molar-refractivity contribution in [1.82, 2.24) is 0 Å². The largest absolute Gasteiger partial charge is 1.00 e. The van der Waals surface area contributed by atoms with Crippen LogP contribution in [0.2, 0.25) is 0 Å². The maximum Gasteiger partial charge on any atom is 0.0514 e. The molecule has 62 valence electrons. The van der Waals surface area contributed by atoms with Gasteiger partial charge < -0.3 is 17.8 Å². The lowest BCUT2D eigenvalue weighted by atomic mass is 10.1. The van der Waals surface area contributed by atoms with E-state index in [1.165, 1.54) is 11.1 Å². The lowest BCUT2D eigenvalue weighted by Crippen LogP contribution is -3.00. The first kappa shape index (κ1) is 10.3. The van der Waals surface area contributed by atoms with Crippen molar-refractivity contribution in [3.8, 4) is 0 Å². The molecule has 0 saturated heterocycles. The Balaban J connectivity index is 0.000001000. The summed E-state index contributed by atoms with van der Waals surface area (Å²) in [6.07, 6.45) is 0. The van der Waals surface area contributed by atoms with Crippen molar-refractivity contribution in [1.29, 1.82) is 0 Å². The Labute approximate surface area is 73.2 Å². The van der Waals surface area contributed by atoms with Crippen LogP contribution in [0.3, 0.4) is 0 Å². The molecule has 0 saturated carbocycles. The minimum absolute atomic E-state index is 0. The zero-order chi connectivity index (χ0) is 7.56. The number of aryl methyl sites for hydroxylation is 2. The van der Waals surface area contributed by atoms with Crippen LogP contribution in [0, 0.1) is 13.8 Å². The summed E-state index contributed by atoms with van der Waals surface area (Å²) in [5.74, 6) is 5.25. The molecule has 0 amide bonds. The molecule has 1 aromatic rings. The number of nitrogen functional groups attached to an aromatic ring is 1. The highest BCUT2D eigenvalue weighted by molar-refractivity contribution is 5.50. The highest BCUT2D eigenvalue weighted by atomic mass is 35.5. The number of hydrazine groups is 1. The summed E-state index contributed by atoms with van der Waals surface area (Å²) in [6.45, 7) is 4.09. The molecule has 0 aliphatic heterocycles. The molecule has 11 heavy (non-hydrogen) atoms. The molecule has 1 rings (SSSR count). The molecule has 0 aromatic heterocycles. The van der Waals surface area contributed by atoms with Gasteiger partial charge in [-0.1, -0.05) is 17.7 Å². The Hall–Kier alpha value is -0.730. The Morgan fingerprint density at radius 3 is 2.36 bits per heavy atom. The van der Waals surface area contributed by atoms with Gasteiger partial charge in [0.15, 0.2) is 0 Å². The first-order chi connectivity index (χ1) is 4.74. The fourth-order valence-corrected chi connectivity index (χ4v) is 0.976. The number of hydrogen-bond donors (Lipinski definition) is 2. The quantitative estimate of drug-likeness (QED) is 0.403. The van der Waals surface area contributed by atoms with Crippen LogP contribution < -0.4 is 23.7 Å². The molecule has 0 aliphatic carbocycles. The molecular formula is C8H12ClN2-. The summed E-state index contributed by atoms with van der Waals surface area (Å²) in [6, 6.07) is 6.10. The van der Waals surface area contributed by atoms with Gasteiger partial charge in [0.2, 0.25) is 0 Å². The minimum atomic E-state index is 0.